The Labute approximate surface area is 279 Å². The van der Waals surface area contributed by atoms with Crippen LogP contribution in [0.2, 0.25) is 0 Å². The van der Waals surface area contributed by atoms with E-state index in [1.54, 1.807) is 31.4 Å². The van der Waals surface area contributed by atoms with Gasteiger partial charge in [0.2, 0.25) is 11.2 Å². The Kier molecular flexibility index (Phi) is 10.5. The molecule has 0 bridgehead atoms. The van der Waals surface area contributed by atoms with Gasteiger partial charge in [-0.15, -0.1) is 0 Å². The van der Waals surface area contributed by atoms with E-state index in [0.717, 1.165) is 5.56 Å². The van der Waals surface area contributed by atoms with Gasteiger partial charge < -0.3 is 43.8 Å². The molecule has 13 nitrogen and oxygen atoms in total. The molecule has 1 aromatic heterocycles. The molecule has 0 atom stereocenters. The topological polar surface area (TPSA) is 199 Å². The van der Waals surface area contributed by atoms with Crippen molar-refractivity contribution in [1.29, 1.82) is 0 Å². The van der Waals surface area contributed by atoms with Crippen LogP contribution in [-0.2, 0) is 0 Å². The number of aldehydes is 1. The van der Waals surface area contributed by atoms with Crippen molar-refractivity contribution in [2.75, 3.05) is 21.3 Å². The highest BCUT2D eigenvalue weighted by Crippen LogP contribution is 2.37. The molecule has 13 heteroatoms. The van der Waals surface area contributed by atoms with Crippen LogP contribution in [0.1, 0.15) is 47.8 Å². The number of aryl methyl sites for hydroxylation is 2. The van der Waals surface area contributed by atoms with E-state index in [0.29, 0.717) is 28.5 Å². The summed E-state index contributed by atoms with van der Waals surface area (Å²) in [6.07, 6.45) is 1.72. The van der Waals surface area contributed by atoms with Gasteiger partial charge >= 0.3 is 11.9 Å². The van der Waals surface area contributed by atoms with Crippen molar-refractivity contribution >= 4 is 29.2 Å². The average Bonchev–Trinajstić information content (AvgIpc) is 3.07. The summed E-state index contributed by atoms with van der Waals surface area (Å²) in [4.78, 5) is 47.8. The Morgan fingerprint density at radius 3 is 2.02 bits per heavy atom. The van der Waals surface area contributed by atoms with E-state index in [1.165, 1.54) is 65.5 Å². The molecule has 0 unspecified atom stereocenters. The van der Waals surface area contributed by atoms with Gasteiger partial charge in [-0.2, -0.15) is 0 Å². The van der Waals surface area contributed by atoms with Crippen LogP contribution in [0.25, 0.3) is 22.1 Å². The fraction of sp³-hybridized carbons (Fsp3) is 0.167. The van der Waals surface area contributed by atoms with Crippen LogP contribution < -0.4 is 24.4 Å². The van der Waals surface area contributed by atoms with E-state index in [9.17, 15) is 39.6 Å². The van der Waals surface area contributed by atoms with Crippen molar-refractivity contribution < 1.29 is 58.2 Å². The van der Waals surface area contributed by atoms with Crippen LogP contribution in [0.4, 0.5) is 0 Å². The van der Waals surface area contributed by atoms with Crippen LogP contribution in [0.3, 0.4) is 0 Å². The molecule has 0 spiro atoms. The zero-order valence-corrected chi connectivity index (χ0v) is 27.2. The molecule has 49 heavy (non-hydrogen) atoms. The number of carbonyl (C=O) groups excluding carboxylic acids is 2. The second-order valence-corrected chi connectivity index (χ2v) is 10.6. The summed E-state index contributed by atoms with van der Waals surface area (Å²) in [6.45, 7) is 4.35. The standard InChI is InChI=1S/C19H18O8.C17H14O5/c1-8-5-13(26-4)11(7-20)17(22)14(8)19(25)27-12-6-9(2)16(21)15(10(12)3)18(23)24;1-20-11-5-3-10(4-6-11)13-9-22-16-12(15(13)19)7-8-14(18)17(16)21-2/h5-7,21-22H,1-4H3,(H,23,24);3-9,18H,1-2H3. The van der Waals surface area contributed by atoms with Crippen molar-refractivity contribution in [2.45, 2.75) is 20.8 Å². The maximum atomic E-state index is 12.6. The van der Waals surface area contributed by atoms with Gasteiger partial charge in [-0.25, -0.2) is 9.59 Å². The van der Waals surface area contributed by atoms with Crippen molar-refractivity contribution in [3.8, 4) is 51.4 Å². The lowest BCUT2D eigenvalue weighted by Gasteiger charge is -2.16. The lowest BCUT2D eigenvalue weighted by molar-refractivity contribution is 0.0681. The van der Waals surface area contributed by atoms with Crippen LogP contribution in [0, 0.1) is 20.8 Å². The first-order valence-electron chi connectivity index (χ1n) is 14.4. The summed E-state index contributed by atoms with van der Waals surface area (Å²) in [5, 5.41) is 39.6. The van der Waals surface area contributed by atoms with Gasteiger partial charge in [0.25, 0.3) is 0 Å². The molecule has 5 rings (SSSR count). The van der Waals surface area contributed by atoms with Crippen LogP contribution >= 0.6 is 0 Å². The summed E-state index contributed by atoms with van der Waals surface area (Å²) < 4.78 is 26.0. The fourth-order valence-electron chi connectivity index (χ4n) is 5.05. The number of esters is 1. The van der Waals surface area contributed by atoms with E-state index >= 15 is 0 Å². The third-order valence-corrected chi connectivity index (χ3v) is 7.64. The number of carboxylic acids is 1. The Balaban J connectivity index is 0.000000225. The fourth-order valence-corrected chi connectivity index (χ4v) is 5.05. The van der Waals surface area contributed by atoms with Crippen LogP contribution in [0.5, 0.6) is 40.2 Å². The SMILES string of the molecule is COc1cc(C)c(C(=O)Oc2cc(C)c(O)c(C(=O)O)c2C)c(O)c1C=O.COc1ccc(-c2coc3c(OC)c(O)ccc3c2=O)cc1. The number of methoxy groups -OCH3 is 3. The number of carboxylic acid groups (broad SMARTS) is 1. The second-order valence-electron chi connectivity index (χ2n) is 10.6. The third-order valence-electron chi connectivity index (χ3n) is 7.64. The predicted octanol–water partition coefficient (Wildman–Crippen LogP) is 5.94. The highest BCUT2D eigenvalue weighted by molar-refractivity contribution is 6.01. The molecule has 0 aliphatic heterocycles. The monoisotopic (exact) mass is 672 g/mol. The number of carbonyl (C=O) groups is 3. The molecule has 0 saturated heterocycles. The number of benzene rings is 4. The summed E-state index contributed by atoms with van der Waals surface area (Å²) in [6, 6.07) is 12.8. The smallest absolute Gasteiger partial charge is 0.347 e. The predicted molar refractivity (Wildman–Crippen MR) is 177 cm³/mol. The van der Waals surface area contributed by atoms with Crippen LogP contribution in [0.15, 0.2) is 64.0 Å². The number of phenols is 3. The van der Waals surface area contributed by atoms with Crippen molar-refractivity contribution in [3.63, 3.8) is 0 Å². The summed E-state index contributed by atoms with van der Waals surface area (Å²) in [5.74, 6) is -2.59. The number of aromatic carboxylic acids is 1. The normalized spacial score (nSPS) is 10.5. The number of ether oxygens (including phenoxy) is 4. The first kappa shape index (κ1) is 35.4. The summed E-state index contributed by atoms with van der Waals surface area (Å²) >= 11 is 0. The molecule has 0 fully saturated rings. The Morgan fingerprint density at radius 2 is 1.45 bits per heavy atom. The minimum Gasteiger partial charge on any atom is -0.507 e. The zero-order chi connectivity index (χ0) is 36.2. The lowest BCUT2D eigenvalue weighted by atomic mass is 10.0. The highest BCUT2D eigenvalue weighted by Gasteiger charge is 2.26. The van der Waals surface area contributed by atoms with Gasteiger partial charge in [0.05, 0.1) is 37.8 Å². The van der Waals surface area contributed by atoms with Gasteiger partial charge in [0, 0.05) is 5.56 Å². The Hall–Kier alpha value is -6.50. The van der Waals surface area contributed by atoms with Gasteiger partial charge in [-0.1, -0.05) is 12.1 Å². The number of rotatable bonds is 8. The number of hydrogen-bond acceptors (Lipinski definition) is 12. The van der Waals surface area contributed by atoms with E-state index in [1.807, 2.05) is 0 Å². The summed E-state index contributed by atoms with van der Waals surface area (Å²) in [7, 11) is 4.30. The first-order chi connectivity index (χ1) is 23.3. The van der Waals surface area contributed by atoms with Crippen molar-refractivity contribution in [2.24, 2.45) is 0 Å². The second kappa shape index (κ2) is 14.5. The molecule has 5 aromatic rings. The number of hydrogen-bond donors (Lipinski definition) is 4. The molecular formula is C36H32O13. The highest BCUT2D eigenvalue weighted by atomic mass is 16.5. The van der Waals surface area contributed by atoms with E-state index in [2.05, 4.69) is 0 Å². The number of fused-ring (bicyclic) bond motifs is 1. The molecule has 4 aromatic carbocycles. The quantitative estimate of drug-likeness (QED) is 0.0858. The Morgan fingerprint density at radius 1 is 0.796 bits per heavy atom. The molecule has 254 valence electrons. The molecule has 0 aliphatic carbocycles. The van der Waals surface area contributed by atoms with Crippen LogP contribution in [-0.4, -0.2) is 60.0 Å². The minimum atomic E-state index is -1.38. The largest absolute Gasteiger partial charge is 0.507 e. The molecule has 0 aliphatic rings. The minimum absolute atomic E-state index is 0.0419. The number of aromatic hydroxyl groups is 3. The van der Waals surface area contributed by atoms with Gasteiger partial charge in [0.15, 0.2) is 17.6 Å². The molecule has 0 amide bonds. The lowest BCUT2D eigenvalue weighted by Crippen LogP contribution is -2.14. The zero-order valence-electron chi connectivity index (χ0n) is 27.2. The summed E-state index contributed by atoms with van der Waals surface area (Å²) in [5.41, 5.74) is 0.888. The maximum Gasteiger partial charge on any atom is 0.347 e. The van der Waals surface area contributed by atoms with E-state index < -0.39 is 23.4 Å². The molecule has 0 saturated carbocycles. The van der Waals surface area contributed by atoms with Gasteiger partial charge in [0.1, 0.15) is 46.1 Å². The maximum absolute atomic E-state index is 12.6. The molecule has 4 N–H and O–H groups in total. The van der Waals surface area contributed by atoms with E-state index in [4.69, 9.17) is 23.4 Å². The Bertz CT molecular complexity index is 2140. The number of phenolic OH excluding ortho intramolecular Hbond substituents is 2. The van der Waals surface area contributed by atoms with E-state index in [-0.39, 0.29) is 61.8 Å². The molecule has 1 heterocycles. The molecular weight excluding hydrogens is 640 g/mol. The van der Waals surface area contributed by atoms with Gasteiger partial charge in [-0.05, 0) is 73.9 Å². The third kappa shape index (κ3) is 6.81. The molecule has 0 radical (unpaired) electrons. The first-order valence-corrected chi connectivity index (χ1v) is 14.4. The average molecular weight is 673 g/mol. The van der Waals surface area contributed by atoms with Crippen molar-refractivity contribution in [1.82, 2.24) is 0 Å². The van der Waals surface area contributed by atoms with Gasteiger partial charge in [-0.3, -0.25) is 9.59 Å². The van der Waals surface area contributed by atoms with Crippen molar-refractivity contribution in [3.05, 3.63) is 98.4 Å².